The summed E-state index contributed by atoms with van der Waals surface area (Å²) < 4.78 is 9.79. The molecule has 1 rings (SSSR count). The van der Waals surface area contributed by atoms with Crippen LogP contribution in [0.4, 0.5) is 4.79 Å². The highest BCUT2D eigenvalue weighted by atomic mass is 16.6. The molecule has 1 atom stereocenters. The van der Waals surface area contributed by atoms with Crippen LogP contribution in [0.25, 0.3) is 0 Å². The number of rotatable bonds is 8. The second kappa shape index (κ2) is 9.58. The minimum Gasteiger partial charge on any atom is -0.464 e. The van der Waals surface area contributed by atoms with Gasteiger partial charge in [0.15, 0.2) is 0 Å². The van der Waals surface area contributed by atoms with Crippen LogP contribution < -0.4 is 5.32 Å². The monoisotopic (exact) mass is 291 g/mol. The molecule has 0 aliphatic carbocycles. The Balaban J connectivity index is 2.57. The van der Waals surface area contributed by atoms with Crippen LogP contribution in [0.3, 0.4) is 0 Å². The van der Waals surface area contributed by atoms with E-state index in [-0.39, 0.29) is 13.2 Å². The van der Waals surface area contributed by atoms with Crippen LogP contribution in [0, 0.1) is 0 Å². The Kier molecular flexibility index (Phi) is 7.64. The van der Waals surface area contributed by atoms with Crippen molar-refractivity contribution < 1.29 is 19.1 Å². The number of aryl methyl sites for hydroxylation is 1. The van der Waals surface area contributed by atoms with Gasteiger partial charge in [-0.1, -0.05) is 43.0 Å². The first kappa shape index (κ1) is 16.8. The van der Waals surface area contributed by atoms with E-state index in [0.717, 1.165) is 5.56 Å². The first-order valence-corrected chi connectivity index (χ1v) is 6.92. The van der Waals surface area contributed by atoms with Crippen LogP contribution in [0.5, 0.6) is 0 Å². The molecule has 0 aromatic heterocycles. The molecule has 0 bridgehead atoms. The van der Waals surface area contributed by atoms with E-state index in [9.17, 15) is 9.59 Å². The van der Waals surface area contributed by atoms with E-state index < -0.39 is 18.1 Å². The third-order valence-electron chi connectivity index (χ3n) is 2.76. The number of esters is 1. The second-order valence-corrected chi connectivity index (χ2v) is 4.36. The summed E-state index contributed by atoms with van der Waals surface area (Å²) in [6, 6.07) is 9.01. The molecule has 0 aliphatic heterocycles. The van der Waals surface area contributed by atoms with E-state index in [1.165, 1.54) is 6.08 Å². The zero-order chi connectivity index (χ0) is 15.5. The lowest BCUT2D eigenvalue weighted by atomic mass is 10.1. The highest BCUT2D eigenvalue weighted by Gasteiger charge is 2.22. The molecule has 0 aliphatic rings. The van der Waals surface area contributed by atoms with Crippen molar-refractivity contribution in [2.24, 2.45) is 0 Å². The number of ether oxygens (including phenoxy) is 2. The van der Waals surface area contributed by atoms with Crippen molar-refractivity contribution in [1.82, 2.24) is 5.32 Å². The fourth-order valence-electron chi connectivity index (χ4n) is 1.77. The summed E-state index contributed by atoms with van der Waals surface area (Å²) in [4.78, 5) is 23.4. The Morgan fingerprint density at radius 2 is 2.00 bits per heavy atom. The number of hydrogen-bond donors (Lipinski definition) is 1. The topological polar surface area (TPSA) is 64.6 Å². The maximum Gasteiger partial charge on any atom is 0.408 e. The fourth-order valence-corrected chi connectivity index (χ4v) is 1.77. The largest absolute Gasteiger partial charge is 0.464 e. The quantitative estimate of drug-likeness (QED) is 0.590. The van der Waals surface area contributed by atoms with Gasteiger partial charge in [0, 0.05) is 0 Å². The summed E-state index contributed by atoms with van der Waals surface area (Å²) in [5.74, 6) is -0.455. The summed E-state index contributed by atoms with van der Waals surface area (Å²) in [6.45, 7) is 5.55. The highest BCUT2D eigenvalue weighted by molar-refractivity contribution is 5.81. The van der Waals surface area contributed by atoms with Crippen molar-refractivity contribution in [2.75, 3.05) is 13.2 Å². The van der Waals surface area contributed by atoms with E-state index in [4.69, 9.17) is 9.47 Å². The van der Waals surface area contributed by atoms with Crippen molar-refractivity contribution >= 4 is 12.1 Å². The van der Waals surface area contributed by atoms with Gasteiger partial charge in [-0.25, -0.2) is 9.59 Å². The number of hydrogen-bond acceptors (Lipinski definition) is 4. The average Bonchev–Trinajstić information content (AvgIpc) is 2.50. The molecule has 5 heteroatoms. The molecule has 0 fully saturated rings. The van der Waals surface area contributed by atoms with Gasteiger partial charge in [-0.3, -0.25) is 0 Å². The Hall–Kier alpha value is -2.30. The number of benzene rings is 1. The Bertz CT molecular complexity index is 459. The number of alkyl carbamates (subject to hydrolysis) is 1. The van der Waals surface area contributed by atoms with Crippen LogP contribution in [0.2, 0.25) is 0 Å². The van der Waals surface area contributed by atoms with Crippen molar-refractivity contribution in [1.29, 1.82) is 0 Å². The van der Waals surface area contributed by atoms with Gasteiger partial charge in [0.05, 0.1) is 6.61 Å². The van der Waals surface area contributed by atoms with Crippen LogP contribution in [-0.4, -0.2) is 31.3 Å². The minimum absolute atomic E-state index is 0.0973. The first-order valence-electron chi connectivity index (χ1n) is 6.92. The second-order valence-electron chi connectivity index (χ2n) is 4.36. The molecule has 0 saturated heterocycles. The third kappa shape index (κ3) is 6.61. The summed E-state index contributed by atoms with van der Waals surface area (Å²) in [5.41, 5.74) is 1.09. The molecule has 0 spiro atoms. The number of carbonyl (C=O) groups is 2. The zero-order valence-corrected chi connectivity index (χ0v) is 12.2. The summed E-state index contributed by atoms with van der Waals surface area (Å²) in [7, 11) is 0. The standard InChI is InChI=1S/C16H21NO4/c1-3-12-21-16(19)17-14(15(18)20-4-2)11-10-13-8-6-5-7-9-13/h3,5-9,14H,1,4,10-12H2,2H3,(H,17,19)/t14-/m0/s1. The lowest BCUT2D eigenvalue weighted by molar-refractivity contribution is -0.145. The molecule has 0 radical (unpaired) electrons. The van der Waals surface area contributed by atoms with Crippen molar-refractivity contribution in [3.8, 4) is 0 Å². The molecule has 1 aromatic rings. The molecule has 5 nitrogen and oxygen atoms in total. The van der Waals surface area contributed by atoms with E-state index in [0.29, 0.717) is 12.8 Å². The molecule has 114 valence electrons. The zero-order valence-electron chi connectivity index (χ0n) is 12.2. The highest BCUT2D eigenvalue weighted by Crippen LogP contribution is 2.06. The molecule has 0 heterocycles. The van der Waals surface area contributed by atoms with Gasteiger partial charge in [-0.15, -0.1) is 0 Å². The molecule has 0 unspecified atom stereocenters. The lowest BCUT2D eigenvalue weighted by Gasteiger charge is -2.17. The molecule has 1 N–H and O–H groups in total. The predicted octanol–water partition coefficient (Wildman–Crippen LogP) is 2.46. The number of carbonyl (C=O) groups excluding carboxylic acids is 2. The van der Waals surface area contributed by atoms with E-state index in [1.54, 1.807) is 6.92 Å². The van der Waals surface area contributed by atoms with Gasteiger partial charge >= 0.3 is 12.1 Å². The Labute approximate surface area is 124 Å². The molecular formula is C16H21NO4. The molecule has 1 amide bonds. The van der Waals surface area contributed by atoms with Crippen LogP contribution >= 0.6 is 0 Å². The van der Waals surface area contributed by atoms with Crippen LogP contribution in [0.1, 0.15) is 18.9 Å². The normalized spacial score (nSPS) is 11.3. The smallest absolute Gasteiger partial charge is 0.408 e. The lowest BCUT2D eigenvalue weighted by Crippen LogP contribution is -2.42. The molecule has 0 saturated carbocycles. The average molecular weight is 291 g/mol. The van der Waals surface area contributed by atoms with Crippen LogP contribution in [-0.2, 0) is 20.7 Å². The number of nitrogens with one attached hydrogen (secondary N) is 1. The summed E-state index contributed by atoms with van der Waals surface area (Å²) in [6.07, 6.45) is 1.92. The third-order valence-corrected chi connectivity index (χ3v) is 2.76. The van der Waals surface area contributed by atoms with E-state index in [1.807, 2.05) is 30.3 Å². The van der Waals surface area contributed by atoms with Crippen LogP contribution in [0.15, 0.2) is 43.0 Å². The fraction of sp³-hybridized carbons (Fsp3) is 0.375. The Morgan fingerprint density at radius 3 is 2.62 bits per heavy atom. The maximum absolute atomic E-state index is 11.9. The molecular weight excluding hydrogens is 270 g/mol. The maximum atomic E-state index is 11.9. The van der Waals surface area contributed by atoms with Gasteiger partial charge in [0.1, 0.15) is 12.6 Å². The van der Waals surface area contributed by atoms with Gasteiger partial charge in [-0.05, 0) is 25.3 Å². The van der Waals surface area contributed by atoms with Gasteiger partial charge in [-0.2, -0.15) is 0 Å². The predicted molar refractivity (Wildman–Crippen MR) is 79.9 cm³/mol. The van der Waals surface area contributed by atoms with Crippen molar-refractivity contribution in [2.45, 2.75) is 25.8 Å². The van der Waals surface area contributed by atoms with Crippen molar-refractivity contribution in [3.63, 3.8) is 0 Å². The number of amides is 1. The van der Waals surface area contributed by atoms with Gasteiger partial charge in [0.25, 0.3) is 0 Å². The molecule has 21 heavy (non-hydrogen) atoms. The summed E-state index contributed by atoms with van der Waals surface area (Å²) in [5, 5.41) is 2.52. The van der Waals surface area contributed by atoms with E-state index in [2.05, 4.69) is 11.9 Å². The van der Waals surface area contributed by atoms with Crippen molar-refractivity contribution in [3.05, 3.63) is 48.6 Å². The SMILES string of the molecule is C=CCOC(=O)N[C@@H](CCc1ccccc1)C(=O)OCC. The Morgan fingerprint density at radius 1 is 1.29 bits per heavy atom. The molecule has 1 aromatic carbocycles. The first-order chi connectivity index (χ1) is 10.2. The summed E-state index contributed by atoms with van der Waals surface area (Å²) >= 11 is 0. The van der Waals surface area contributed by atoms with E-state index >= 15 is 0 Å². The van der Waals surface area contributed by atoms with Gasteiger partial charge < -0.3 is 14.8 Å². The minimum atomic E-state index is -0.720. The van der Waals surface area contributed by atoms with Gasteiger partial charge in [0.2, 0.25) is 0 Å².